The van der Waals surface area contributed by atoms with Gasteiger partial charge in [-0.15, -0.1) is 0 Å². The van der Waals surface area contributed by atoms with Gasteiger partial charge in [0.1, 0.15) is 0 Å². The highest BCUT2D eigenvalue weighted by molar-refractivity contribution is 5.94. The molecule has 1 aromatic carbocycles. The Morgan fingerprint density at radius 2 is 2.00 bits per heavy atom. The number of carbonyl (C=O) groups is 1. The van der Waals surface area contributed by atoms with Gasteiger partial charge in [-0.3, -0.25) is 4.79 Å². The van der Waals surface area contributed by atoms with Crippen LogP contribution in [0.2, 0.25) is 0 Å². The number of hydrogen-bond acceptors (Lipinski definition) is 4. The van der Waals surface area contributed by atoms with Gasteiger partial charge in [0.15, 0.2) is 11.5 Å². The predicted molar refractivity (Wildman–Crippen MR) is 89.8 cm³/mol. The number of benzene rings is 1. The third-order valence-corrected chi connectivity index (χ3v) is 5.20. The summed E-state index contributed by atoms with van der Waals surface area (Å²) >= 11 is 0. The van der Waals surface area contributed by atoms with E-state index in [4.69, 9.17) is 9.47 Å². The molecule has 2 N–H and O–H groups in total. The van der Waals surface area contributed by atoms with Crippen LogP contribution in [0.15, 0.2) is 18.2 Å². The summed E-state index contributed by atoms with van der Waals surface area (Å²) in [4.78, 5) is 12.4. The maximum atomic E-state index is 12.4. The highest BCUT2D eigenvalue weighted by atomic mass is 16.7. The van der Waals surface area contributed by atoms with Gasteiger partial charge in [-0.25, -0.2) is 0 Å². The maximum absolute atomic E-state index is 12.4. The molecule has 0 spiro atoms. The van der Waals surface area contributed by atoms with Crippen LogP contribution in [0.3, 0.4) is 0 Å². The second-order valence-corrected chi connectivity index (χ2v) is 6.82. The van der Waals surface area contributed by atoms with Crippen LogP contribution in [-0.4, -0.2) is 24.8 Å². The fraction of sp³-hybridized carbons (Fsp3) is 0.611. The summed E-state index contributed by atoms with van der Waals surface area (Å²) in [6.07, 6.45) is 3.67. The normalized spacial score (nSPS) is 27.5. The van der Waals surface area contributed by atoms with E-state index in [0.29, 0.717) is 23.6 Å². The minimum Gasteiger partial charge on any atom is -0.454 e. The Morgan fingerprint density at radius 3 is 2.83 bits per heavy atom. The number of rotatable bonds is 4. The fourth-order valence-electron chi connectivity index (χ4n) is 3.44. The average molecular weight is 318 g/mol. The third-order valence-electron chi connectivity index (χ3n) is 5.20. The van der Waals surface area contributed by atoms with Crippen molar-refractivity contribution >= 4 is 11.6 Å². The summed E-state index contributed by atoms with van der Waals surface area (Å²) in [5.41, 5.74) is 0.734. The number of amides is 1. The first kappa shape index (κ1) is 16.1. The molecule has 5 nitrogen and oxygen atoms in total. The molecule has 126 valence electrons. The van der Waals surface area contributed by atoms with Gasteiger partial charge >= 0.3 is 0 Å². The lowest BCUT2D eigenvalue weighted by Crippen LogP contribution is -2.49. The zero-order valence-corrected chi connectivity index (χ0v) is 14.1. The molecule has 3 rings (SSSR count). The van der Waals surface area contributed by atoms with E-state index >= 15 is 0 Å². The molecule has 0 saturated heterocycles. The quantitative estimate of drug-likeness (QED) is 0.895. The van der Waals surface area contributed by atoms with E-state index in [1.165, 1.54) is 12.8 Å². The first-order valence-electron chi connectivity index (χ1n) is 8.51. The van der Waals surface area contributed by atoms with Crippen LogP contribution in [0.4, 0.5) is 5.69 Å². The van der Waals surface area contributed by atoms with Crippen molar-refractivity contribution in [2.75, 3.05) is 12.1 Å². The van der Waals surface area contributed by atoms with E-state index in [0.717, 1.165) is 17.9 Å². The summed E-state index contributed by atoms with van der Waals surface area (Å²) < 4.78 is 10.6. The second kappa shape index (κ2) is 6.79. The topological polar surface area (TPSA) is 59.6 Å². The lowest BCUT2D eigenvalue weighted by molar-refractivity contribution is -0.118. The summed E-state index contributed by atoms with van der Waals surface area (Å²) in [6.45, 7) is 6.75. The molecular formula is C18H26N2O3. The first-order chi connectivity index (χ1) is 11.0. The molecule has 1 heterocycles. The third kappa shape index (κ3) is 3.61. The van der Waals surface area contributed by atoms with Gasteiger partial charge in [-0.2, -0.15) is 0 Å². The lowest BCUT2D eigenvalue weighted by atomic mass is 9.78. The summed E-state index contributed by atoms with van der Waals surface area (Å²) in [7, 11) is 0. The van der Waals surface area contributed by atoms with Crippen LogP contribution in [0.5, 0.6) is 11.5 Å². The van der Waals surface area contributed by atoms with Crippen LogP contribution in [0.25, 0.3) is 0 Å². The van der Waals surface area contributed by atoms with Gasteiger partial charge in [0.2, 0.25) is 12.7 Å². The van der Waals surface area contributed by atoms with E-state index in [9.17, 15) is 4.79 Å². The van der Waals surface area contributed by atoms with Gasteiger partial charge in [0.05, 0.1) is 6.04 Å². The Bertz CT molecular complexity index is 575. The van der Waals surface area contributed by atoms with Gasteiger partial charge in [-0.05, 0) is 37.3 Å². The molecule has 4 atom stereocenters. The standard InChI is InChI=1S/C18H26N2O3/c1-11-5-4-6-15(12(11)2)19-13(3)18(21)20-14-7-8-16-17(9-14)23-10-22-16/h7-9,11-13,15,19H,4-6,10H2,1-3H3,(H,20,21). The molecule has 1 fully saturated rings. The van der Waals surface area contributed by atoms with Crippen LogP contribution in [0, 0.1) is 11.8 Å². The number of nitrogens with one attached hydrogen (secondary N) is 2. The van der Waals surface area contributed by atoms with Gasteiger partial charge in [0.25, 0.3) is 0 Å². The highest BCUT2D eigenvalue weighted by Gasteiger charge is 2.29. The molecule has 1 saturated carbocycles. The molecule has 1 aromatic rings. The van der Waals surface area contributed by atoms with Crippen LogP contribution in [0.1, 0.15) is 40.0 Å². The minimum atomic E-state index is -0.224. The number of carbonyl (C=O) groups excluding carboxylic acids is 1. The summed E-state index contributed by atoms with van der Waals surface area (Å²) in [5, 5.41) is 6.45. The molecular weight excluding hydrogens is 292 g/mol. The Labute approximate surface area is 137 Å². The highest BCUT2D eigenvalue weighted by Crippen LogP contribution is 2.34. The SMILES string of the molecule is CC(NC1CCCC(C)C1C)C(=O)Nc1ccc2c(c1)OCO2. The van der Waals surface area contributed by atoms with Crippen LogP contribution in [-0.2, 0) is 4.79 Å². The van der Waals surface area contributed by atoms with E-state index < -0.39 is 0 Å². The lowest BCUT2D eigenvalue weighted by Gasteiger charge is -2.36. The monoisotopic (exact) mass is 318 g/mol. The van der Waals surface area contributed by atoms with Crippen molar-refractivity contribution in [1.82, 2.24) is 5.32 Å². The minimum absolute atomic E-state index is 0.0192. The smallest absolute Gasteiger partial charge is 0.241 e. The Hall–Kier alpha value is -1.75. The number of hydrogen-bond donors (Lipinski definition) is 2. The predicted octanol–water partition coefficient (Wildman–Crippen LogP) is 3.16. The Balaban J connectivity index is 1.57. The van der Waals surface area contributed by atoms with Crippen molar-refractivity contribution in [2.24, 2.45) is 11.8 Å². The molecule has 0 aromatic heterocycles. The average Bonchev–Trinajstić information content (AvgIpc) is 2.99. The Kier molecular flexibility index (Phi) is 4.76. The van der Waals surface area contributed by atoms with Crippen molar-refractivity contribution in [3.05, 3.63) is 18.2 Å². The van der Waals surface area contributed by atoms with Crippen molar-refractivity contribution in [1.29, 1.82) is 0 Å². The zero-order valence-electron chi connectivity index (χ0n) is 14.1. The van der Waals surface area contributed by atoms with Gasteiger partial charge in [-0.1, -0.05) is 26.7 Å². The number of ether oxygens (including phenoxy) is 2. The molecule has 4 unspecified atom stereocenters. The van der Waals surface area contributed by atoms with Crippen LogP contribution < -0.4 is 20.1 Å². The molecule has 1 aliphatic heterocycles. The van der Waals surface area contributed by atoms with Crippen molar-refractivity contribution in [3.8, 4) is 11.5 Å². The van der Waals surface area contributed by atoms with E-state index in [-0.39, 0.29) is 18.7 Å². The molecule has 2 aliphatic rings. The van der Waals surface area contributed by atoms with Crippen LogP contribution >= 0.6 is 0 Å². The molecule has 5 heteroatoms. The molecule has 1 amide bonds. The summed E-state index contributed by atoms with van der Waals surface area (Å²) in [6, 6.07) is 5.65. The molecule has 0 bridgehead atoms. The van der Waals surface area contributed by atoms with Crippen molar-refractivity contribution in [2.45, 2.75) is 52.1 Å². The van der Waals surface area contributed by atoms with Gasteiger partial charge in [0, 0.05) is 17.8 Å². The first-order valence-corrected chi connectivity index (χ1v) is 8.51. The number of anilines is 1. The summed E-state index contributed by atoms with van der Waals surface area (Å²) in [5.74, 6) is 2.70. The molecule has 23 heavy (non-hydrogen) atoms. The van der Waals surface area contributed by atoms with Crippen molar-refractivity contribution < 1.29 is 14.3 Å². The number of fused-ring (bicyclic) bond motifs is 1. The maximum Gasteiger partial charge on any atom is 0.241 e. The van der Waals surface area contributed by atoms with Gasteiger partial charge < -0.3 is 20.1 Å². The zero-order chi connectivity index (χ0) is 16.4. The van der Waals surface area contributed by atoms with E-state index in [1.807, 2.05) is 19.1 Å². The largest absolute Gasteiger partial charge is 0.454 e. The van der Waals surface area contributed by atoms with Crippen molar-refractivity contribution in [3.63, 3.8) is 0 Å². The Morgan fingerprint density at radius 1 is 1.22 bits per heavy atom. The fourth-order valence-corrected chi connectivity index (χ4v) is 3.44. The second-order valence-electron chi connectivity index (χ2n) is 6.82. The van der Waals surface area contributed by atoms with E-state index in [1.54, 1.807) is 6.07 Å². The molecule has 1 aliphatic carbocycles. The van der Waals surface area contributed by atoms with E-state index in [2.05, 4.69) is 24.5 Å². The molecule has 0 radical (unpaired) electrons.